The number of carbonyl (C=O) groups is 2. The van der Waals surface area contributed by atoms with Crippen LogP contribution in [0.5, 0.6) is 0 Å². The number of rotatable bonds is 4. The topological polar surface area (TPSA) is 120 Å². The summed E-state index contributed by atoms with van der Waals surface area (Å²) in [6.07, 6.45) is 2.80. The molecule has 1 aliphatic rings. The van der Waals surface area contributed by atoms with Crippen molar-refractivity contribution in [3.05, 3.63) is 28.1 Å². The maximum absolute atomic E-state index is 12.1. The zero-order valence-electron chi connectivity index (χ0n) is 11.1. The molecule has 0 aliphatic carbocycles. The molecule has 2 heterocycles. The molecule has 20 heavy (non-hydrogen) atoms. The Kier molecular flexibility index (Phi) is 3.73. The van der Waals surface area contributed by atoms with Crippen LogP contribution in [0.15, 0.2) is 16.6 Å². The largest absolute Gasteiger partial charge is 0.480 e. The van der Waals surface area contributed by atoms with Crippen LogP contribution in [-0.2, 0) is 22.6 Å². The van der Waals surface area contributed by atoms with Gasteiger partial charge in [0.2, 0.25) is 0 Å². The third-order valence-electron chi connectivity index (χ3n) is 3.11. The lowest BCUT2D eigenvalue weighted by Crippen LogP contribution is -2.35. The summed E-state index contributed by atoms with van der Waals surface area (Å²) < 4.78 is 2.16. The molecule has 1 aromatic rings. The second-order valence-corrected chi connectivity index (χ2v) is 4.83. The molecule has 0 bridgehead atoms. The number of aryl methyl sites for hydroxylation is 1. The lowest BCUT2D eigenvalue weighted by molar-refractivity contribution is -0.141. The number of hydrogen-bond donors (Lipinski definition) is 2. The van der Waals surface area contributed by atoms with Crippen LogP contribution in [-0.4, -0.2) is 31.2 Å². The van der Waals surface area contributed by atoms with E-state index in [-0.39, 0.29) is 12.3 Å². The van der Waals surface area contributed by atoms with Crippen LogP contribution in [0.4, 0.5) is 0 Å². The second kappa shape index (κ2) is 5.32. The van der Waals surface area contributed by atoms with E-state index < -0.39 is 17.7 Å². The summed E-state index contributed by atoms with van der Waals surface area (Å²) in [5.74, 6) is -0.999. The van der Waals surface area contributed by atoms with Crippen LogP contribution in [0.25, 0.3) is 0 Å². The summed E-state index contributed by atoms with van der Waals surface area (Å²) in [5, 5.41) is 13.2. The number of hydrogen-bond acceptors (Lipinski definition) is 5. The minimum Gasteiger partial charge on any atom is -0.480 e. The first-order valence-electron chi connectivity index (χ1n) is 6.27. The maximum atomic E-state index is 12.1. The number of carboxylic acid groups (broad SMARTS) is 1. The normalized spacial score (nSPS) is 18.6. The zero-order chi connectivity index (χ0) is 14.9. The van der Waals surface area contributed by atoms with Crippen molar-refractivity contribution in [3.63, 3.8) is 0 Å². The van der Waals surface area contributed by atoms with E-state index in [0.717, 1.165) is 9.25 Å². The molecule has 108 valence electrons. The monoisotopic (exact) mass is 280 g/mol. The molecule has 0 aromatic carbocycles. The van der Waals surface area contributed by atoms with Gasteiger partial charge in [-0.2, -0.15) is 5.10 Å². The Morgan fingerprint density at radius 3 is 2.85 bits per heavy atom. The summed E-state index contributed by atoms with van der Waals surface area (Å²) in [6, 6.07) is -0.901. The van der Waals surface area contributed by atoms with Crippen LogP contribution >= 0.6 is 0 Å². The lowest BCUT2D eigenvalue weighted by atomic mass is 10.1. The van der Waals surface area contributed by atoms with Gasteiger partial charge in [-0.3, -0.25) is 9.36 Å². The Morgan fingerprint density at radius 2 is 2.25 bits per heavy atom. The molecular formula is C12H16N4O4. The molecule has 1 unspecified atom stereocenters. The predicted octanol–water partition coefficient (Wildman–Crippen LogP) is -0.562. The van der Waals surface area contributed by atoms with E-state index in [1.54, 1.807) is 6.92 Å². The smallest absolute Gasteiger partial charge is 0.347 e. The van der Waals surface area contributed by atoms with E-state index in [0.29, 0.717) is 30.8 Å². The van der Waals surface area contributed by atoms with Crippen molar-refractivity contribution in [3.8, 4) is 0 Å². The fourth-order valence-electron chi connectivity index (χ4n) is 2.32. The highest BCUT2D eigenvalue weighted by Gasteiger charge is 2.30. The van der Waals surface area contributed by atoms with Gasteiger partial charge in [0.05, 0.1) is 0 Å². The van der Waals surface area contributed by atoms with E-state index in [1.165, 1.54) is 6.08 Å². The van der Waals surface area contributed by atoms with E-state index in [4.69, 9.17) is 10.8 Å². The first-order chi connectivity index (χ1) is 9.40. The number of nitrogens with two attached hydrogens (primary N) is 1. The van der Waals surface area contributed by atoms with Gasteiger partial charge in [-0.1, -0.05) is 0 Å². The van der Waals surface area contributed by atoms with Gasteiger partial charge in [0, 0.05) is 18.2 Å². The molecule has 0 amide bonds. The zero-order valence-corrected chi connectivity index (χ0v) is 11.1. The number of aliphatic carboxylic acids is 1. The van der Waals surface area contributed by atoms with E-state index in [9.17, 15) is 14.4 Å². The standard InChI is InChI=1S/C12H16N4O4/c1-7(13)5-8(17)6-15-12(20)16-9(11(18)19)3-2-4-10(16)14-15/h5,9H,2-4,6,13H2,1H3,(H,18,19). The first-order valence-corrected chi connectivity index (χ1v) is 6.27. The summed E-state index contributed by atoms with van der Waals surface area (Å²) >= 11 is 0. The summed E-state index contributed by atoms with van der Waals surface area (Å²) in [7, 11) is 0. The minimum absolute atomic E-state index is 0.236. The molecule has 0 saturated carbocycles. The van der Waals surface area contributed by atoms with Crippen molar-refractivity contribution in [1.29, 1.82) is 0 Å². The highest BCUT2D eigenvalue weighted by Crippen LogP contribution is 2.21. The van der Waals surface area contributed by atoms with Gasteiger partial charge in [0.1, 0.15) is 18.4 Å². The first kappa shape index (κ1) is 14.0. The van der Waals surface area contributed by atoms with E-state index >= 15 is 0 Å². The molecule has 2 rings (SSSR count). The molecule has 0 radical (unpaired) electrons. The van der Waals surface area contributed by atoms with Gasteiger partial charge in [-0.15, -0.1) is 0 Å². The number of aromatic nitrogens is 3. The molecule has 3 N–H and O–H groups in total. The third kappa shape index (κ3) is 2.63. The van der Waals surface area contributed by atoms with Crippen LogP contribution in [0.2, 0.25) is 0 Å². The quantitative estimate of drug-likeness (QED) is 0.713. The van der Waals surface area contributed by atoms with Crippen LogP contribution < -0.4 is 11.4 Å². The highest BCUT2D eigenvalue weighted by atomic mass is 16.4. The van der Waals surface area contributed by atoms with Gasteiger partial charge in [0.15, 0.2) is 5.78 Å². The van der Waals surface area contributed by atoms with Crippen molar-refractivity contribution >= 4 is 11.8 Å². The Morgan fingerprint density at radius 1 is 1.55 bits per heavy atom. The minimum atomic E-state index is -1.06. The van der Waals surface area contributed by atoms with Gasteiger partial charge in [0.25, 0.3) is 0 Å². The van der Waals surface area contributed by atoms with Crippen molar-refractivity contribution in [1.82, 2.24) is 14.3 Å². The highest BCUT2D eigenvalue weighted by molar-refractivity contribution is 5.89. The molecule has 0 fully saturated rings. The van der Waals surface area contributed by atoms with Crippen molar-refractivity contribution in [2.45, 2.75) is 38.8 Å². The number of carbonyl (C=O) groups excluding carboxylic acids is 1. The number of ketones is 1. The molecule has 1 aromatic heterocycles. The van der Waals surface area contributed by atoms with Gasteiger partial charge < -0.3 is 10.8 Å². The van der Waals surface area contributed by atoms with Gasteiger partial charge in [-0.25, -0.2) is 14.3 Å². The third-order valence-corrected chi connectivity index (χ3v) is 3.11. The second-order valence-electron chi connectivity index (χ2n) is 4.83. The molecule has 1 aliphatic heterocycles. The van der Waals surface area contributed by atoms with Crippen molar-refractivity contribution < 1.29 is 14.7 Å². The maximum Gasteiger partial charge on any atom is 0.347 e. The summed E-state index contributed by atoms with van der Waals surface area (Å²) in [6.45, 7) is 1.33. The number of allylic oxidation sites excluding steroid dienone is 2. The van der Waals surface area contributed by atoms with Crippen LogP contribution in [0.3, 0.4) is 0 Å². The summed E-state index contributed by atoms with van der Waals surface area (Å²) in [4.78, 5) is 34.9. The Balaban J connectivity index is 2.35. The van der Waals surface area contributed by atoms with Crippen molar-refractivity contribution in [2.75, 3.05) is 0 Å². The van der Waals surface area contributed by atoms with E-state index in [2.05, 4.69) is 5.10 Å². The Hall–Kier alpha value is -2.38. The molecule has 0 saturated heterocycles. The number of fused-ring (bicyclic) bond motifs is 1. The Labute approximate surface area is 114 Å². The molecular weight excluding hydrogens is 264 g/mol. The fourth-order valence-corrected chi connectivity index (χ4v) is 2.32. The van der Waals surface area contributed by atoms with Crippen LogP contribution in [0.1, 0.15) is 31.6 Å². The molecule has 8 nitrogen and oxygen atoms in total. The average molecular weight is 280 g/mol. The predicted molar refractivity (Wildman–Crippen MR) is 69.0 cm³/mol. The Bertz CT molecular complexity index is 636. The molecule has 8 heteroatoms. The fraction of sp³-hybridized carbons (Fsp3) is 0.500. The van der Waals surface area contributed by atoms with E-state index in [1.807, 2.05) is 0 Å². The molecule has 0 spiro atoms. The molecule has 1 atom stereocenters. The number of carboxylic acids is 1. The van der Waals surface area contributed by atoms with Crippen molar-refractivity contribution in [2.24, 2.45) is 5.73 Å². The SMILES string of the molecule is CC(N)=CC(=O)Cn1nc2n(c1=O)C(C(=O)O)CCC2. The van der Waals surface area contributed by atoms with Gasteiger partial charge in [-0.05, 0) is 19.8 Å². The number of nitrogens with zero attached hydrogens (tertiary/aromatic N) is 3. The van der Waals surface area contributed by atoms with Crippen LogP contribution in [0, 0.1) is 0 Å². The van der Waals surface area contributed by atoms with Gasteiger partial charge >= 0.3 is 11.7 Å². The average Bonchev–Trinajstić information content (AvgIpc) is 2.65. The summed E-state index contributed by atoms with van der Waals surface area (Å²) in [5.41, 5.74) is 5.17. The lowest BCUT2D eigenvalue weighted by Gasteiger charge is -2.19.